The van der Waals surface area contributed by atoms with Crippen LogP contribution in [0.5, 0.6) is 0 Å². The third kappa shape index (κ3) is 1.83. The van der Waals surface area contributed by atoms with Crippen molar-refractivity contribution in [3.63, 3.8) is 0 Å². The molecule has 1 spiro atoms. The molecular weight excluding hydrogens is 415 g/mol. The third-order valence-corrected chi connectivity index (χ3v) is 6.72. The molecule has 6 heteroatoms. The first-order valence-corrected chi connectivity index (χ1v) is 9.79. The Bertz CT molecular complexity index is 951. The van der Waals surface area contributed by atoms with Gasteiger partial charge in [0.15, 0.2) is 0 Å². The maximum absolute atomic E-state index is 12.7. The molecule has 0 radical (unpaired) electrons. The summed E-state index contributed by atoms with van der Waals surface area (Å²) in [5, 5.41) is 5.02. The van der Waals surface area contributed by atoms with Gasteiger partial charge in [0.05, 0.1) is 0 Å². The van der Waals surface area contributed by atoms with Crippen LogP contribution in [0.4, 0.5) is 11.4 Å². The van der Waals surface area contributed by atoms with Crippen molar-refractivity contribution in [1.29, 1.82) is 0 Å². The molecule has 0 amide bonds. The molecule has 1 saturated carbocycles. The molecule has 2 aromatic carbocycles. The Morgan fingerprint density at radius 1 is 1.08 bits per heavy atom. The molecule has 2 aliphatic heterocycles. The van der Waals surface area contributed by atoms with Crippen LogP contribution in [0.2, 0.25) is 0 Å². The van der Waals surface area contributed by atoms with Gasteiger partial charge in [0, 0.05) is 29.7 Å². The van der Waals surface area contributed by atoms with E-state index in [0.29, 0.717) is 0 Å². The summed E-state index contributed by atoms with van der Waals surface area (Å²) in [6.45, 7) is 0. The first kappa shape index (κ1) is 16.3. The monoisotopic (exact) mass is 431 g/mol. The average molecular weight is 432 g/mol. The van der Waals surface area contributed by atoms with Crippen LogP contribution in [0.25, 0.3) is 5.32 Å². The minimum Gasteiger partial charge on any atom is -0.730 e. The number of fused-ring (bicyclic) bond motifs is 4. The maximum Gasteiger partial charge on any atom is 2.00 e. The Balaban J connectivity index is 0.00000146. The summed E-state index contributed by atoms with van der Waals surface area (Å²) in [6, 6.07) is 16.0. The van der Waals surface area contributed by atoms with Gasteiger partial charge < -0.3 is 9.87 Å². The van der Waals surface area contributed by atoms with Crippen molar-refractivity contribution in [2.45, 2.75) is 30.3 Å². The first-order valence-electron chi connectivity index (χ1n) is 7.94. The molecule has 0 N–H and O–H groups in total. The van der Waals surface area contributed by atoms with Crippen molar-refractivity contribution in [3.05, 3.63) is 65.0 Å². The third-order valence-electron chi connectivity index (χ3n) is 5.57. The van der Waals surface area contributed by atoms with Crippen LogP contribution < -0.4 is 0 Å². The molecule has 4 nitrogen and oxygen atoms in total. The van der Waals surface area contributed by atoms with Crippen molar-refractivity contribution in [1.82, 2.24) is 0 Å². The minimum absolute atomic E-state index is 0. The van der Waals surface area contributed by atoms with Crippen LogP contribution >= 0.6 is 0 Å². The zero-order chi connectivity index (χ0) is 15.8. The molecule has 1 aliphatic carbocycles. The van der Waals surface area contributed by atoms with Gasteiger partial charge in [-0.2, -0.15) is 3.95 Å². The Morgan fingerprint density at radius 2 is 1.67 bits per heavy atom. The maximum atomic E-state index is 12.7. The van der Waals surface area contributed by atoms with Gasteiger partial charge in [-0.1, -0.05) is 48.0 Å². The molecule has 126 valence electrons. The summed E-state index contributed by atoms with van der Waals surface area (Å²) in [6.07, 6.45) is 3.26. The van der Waals surface area contributed by atoms with E-state index >= 15 is 0 Å². The summed E-state index contributed by atoms with van der Waals surface area (Å²) >= 11 is 0. The summed E-state index contributed by atoms with van der Waals surface area (Å²) in [5.41, 5.74) is 3.37. The van der Waals surface area contributed by atoms with E-state index in [1.54, 1.807) is 3.95 Å². The fourth-order valence-electron chi connectivity index (χ4n) is 4.94. The molecule has 24 heavy (non-hydrogen) atoms. The topological polar surface area (TPSA) is 57.2 Å². The van der Waals surface area contributed by atoms with Crippen LogP contribution in [0.1, 0.15) is 35.8 Å². The predicted octanol–water partition coefficient (Wildman–Crippen LogP) is 3.95. The smallest absolute Gasteiger partial charge is 0.730 e. The van der Waals surface area contributed by atoms with Gasteiger partial charge in [-0.05, 0) is 12.8 Å². The molecular formula is C18H17N2O2PdS+. The van der Waals surface area contributed by atoms with E-state index in [0.717, 1.165) is 29.8 Å². The van der Waals surface area contributed by atoms with Gasteiger partial charge in [0.2, 0.25) is 5.69 Å². The molecule has 2 heterocycles. The van der Waals surface area contributed by atoms with Crippen molar-refractivity contribution in [2.24, 2.45) is 0 Å². The molecule has 4 unspecified atom stereocenters. The van der Waals surface area contributed by atoms with E-state index in [1.165, 1.54) is 11.8 Å². The summed E-state index contributed by atoms with van der Waals surface area (Å²) < 4.78 is 27.0. The second-order valence-corrected chi connectivity index (χ2v) is 8.55. The van der Waals surface area contributed by atoms with E-state index in [1.807, 2.05) is 36.4 Å². The van der Waals surface area contributed by atoms with Crippen LogP contribution in [0, 0.1) is 0 Å². The summed E-state index contributed by atoms with van der Waals surface area (Å²) in [4.78, 5) is 0. The molecule has 0 bridgehead atoms. The van der Waals surface area contributed by atoms with Crippen LogP contribution in [-0.4, -0.2) is 24.6 Å². The number of hydrogen-bond donors (Lipinski definition) is 0. The molecule has 1 fully saturated rings. The van der Waals surface area contributed by atoms with E-state index < -0.39 is 15.7 Å². The number of rotatable bonds is 0. The second-order valence-electron chi connectivity index (χ2n) is 6.72. The van der Waals surface area contributed by atoms with Gasteiger partial charge >= 0.3 is 20.4 Å². The largest absolute Gasteiger partial charge is 2.00 e. The van der Waals surface area contributed by atoms with E-state index in [9.17, 15) is 8.76 Å². The molecule has 0 aromatic heterocycles. The Labute approximate surface area is 155 Å². The summed E-state index contributed by atoms with van der Waals surface area (Å²) in [7, 11) is -3.41. The average Bonchev–Trinajstić information content (AvgIpc) is 3.08. The van der Waals surface area contributed by atoms with Gasteiger partial charge in [-0.3, -0.25) is 0 Å². The SMILES string of the molecule is CS(=O)([O-])=[N+]1c2ccccc2C2CCC3c4ccccc4[N-]C321.[Pd+2]. The van der Waals surface area contributed by atoms with E-state index in [2.05, 4.69) is 12.1 Å². The molecule has 5 rings (SSSR count). The Morgan fingerprint density at radius 3 is 2.38 bits per heavy atom. The summed E-state index contributed by atoms with van der Waals surface area (Å²) in [5.74, 6) is 0.289. The number of nitrogens with zero attached hydrogens (tertiary/aromatic N) is 2. The predicted molar refractivity (Wildman–Crippen MR) is 88.1 cm³/mol. The second kappa shape index (κ2) is 5.15. The van der Waals surface area contributed by atoms with Gasteiger partial charge in [0.25, 0.3) is 0 Å². The molecule has 2 aromatic rings. The molecule has 0 saturated heterocycles. The fraction of sp³-hybridized carbons (Fsp3) is 0.333. The quantitative estimate of drug-likeness (QED) is 0.468. The molecule has 3 aliphatic rings. The zero-order valence-electron chi connectivity index (χ0n) is 13.1. The number of benzene rings is 2. The fourth-order valence-corrected chi connectivity index (χ4v) is 6.29. The Kier molecular flexibility index (Phi) is 3.50. The first-order chi connectivity index (χ1) is 11.0. The van der Waals surface area contributed by atoms with E-state index in [-0.39, 0.29) is 32.3 Å². The van der Waals surface area contributed by atoms with Crippen LogP contribution in [0.15, 0.2) is 48.5 Å². The van der Waals surface area contributed by atoms with Gasteiger partial charge in [-0.15, -0.1) is 5.69 Å². The van der Waals surface area contributed by atoms with Crippen LogP contribution in [-0.2, 0) is 30.4 Å². The van der Waals surface area contributed by atoms with Crippen molar-refractivity contribution in [2.75, 3.05) is 6.26 Å². The minimum atomic E-state index is -3.41. The molecule has 4 atom stereocenters. The zero-order valence-corrected chi connectivity index (χ0v) is 15.5. The van der Waals surface area contributed by atoms with Gasteiger partial charge in [0.1, 0.15) is 15.7 Å². The number of hydrogen-bond acceptors (Lipinski definition) is 2. The Hall–Kier alpha value is -1.19. The number of para-hydroxylation sites is 2. The normalized spacial score (nSPS) is 31.2. The van der Waals surface area contributed by atoms with Crippen molar-refractivity contribution < 1.29 is 33.1 Å². The van der Waals surface area contributed by atoms with Crippen LogP contribution in [0.3, 0.4) is 0 Å². The van der Waals surface area contributed by atoms with Crippen molar-refractivity contribution >= 4 is 21.4 Å². The van der Waals surface area contributed by atoms with Crippen molar-refractivity contribution in [3.8, 4) is 0 Å². The van der Waals surface area contributed by atoms with E-state index in [4.69, 9.17) is 5.32 Å². The van der Waals surface area contributed by atoms with Gasteiger partial charge in [-0.25, -0.2) is 4.21 Å². The standard InChI is InChI=1S/C18H17N2O2S.Pd/c1-23(21,22)20-17-9-5-3-7-13(17)15-11-10-14-12-6-2-4-8-16(12)19-18(14,15)20;/h2-9,14-15H,10-11H2,1H3;/q-1;+2.